The number of hydrogen-bond acceptors (Lipinski definition) is 8. The van der Waals surface area contributed by atoms with Crippen LogP contribution in [0.3, 0.4) is 0 Å². The first-order valence-corrected chi connectivity index (χ1v) is 15.6. The van der Waals surface area contributed by atoms with Crippen LogP contribution in [0.25, 0.3) is 21.1 Å². The van der Waals surface area contributed by atoms with E-state index in [4.69, 9.17) is 26.1 Å². The van der Waals surface area contributed by atoms with Gasteiger partial charge in [0.05, 0.1) is 35.3 Å². The van der Waals surface area contributed by atoms with E-state index < -0.39 is 0 Å². The Morgan fingerprint density at radius 2 is 2.10 bits per heavy atom. The minimum Gasteiger partial charge on any atom is -0.487 e. The van der Waals surface area contributed by atoms with Crippen molar-refractivity contribution in [2.24, 2.45) is 7.05 Å². The summed E-state index contributed by atoms with van der Waals surface area (Å²) in [7, 11) is 1.84. The first kappa shape index (κ1) is 28.6. The second-order valence-corrected chi connectivity index (χ2v) is 12.1. The van der Waals surface area contributed by atoms with Crippen LogP contribution in [0, 0.1) is 0 Å². The highest BCUT2D eigenvalue weighted by molar-refractivity contribution is 7.17. The minimum absolute atomic E-state index is 0.0639. The summed E-state index contributed by atoms with van der Waals surface area (Å²) in [6.07, 6.45) is 2.96. The van der Waals surface area contributed by atoms with Gasteiger partial charge in [0.2, 0.25) is 0 Å². The topological polar surface area (TPSA) is 82.4 Å². The molecule has 4 heterocycles. The number of carbonyl (C=O) groups is 1. The number of thiophene rings is 1. The van der Waals surface area contributed by atoms with E-state index in [9.17, 15) is 4.79 Å². The van der Waals surface area contributed by atoms with E-state index in [-0.39, 0.29) is 30.5 Å². The molecule has 0 saturated heterocycles. The standard InChI is InChI=1S/C32H34ClN5O3S/c1-5-23-18-38(19(3)30-27(41-23)8-7-12-34-30)17-22-15-21(14-20-11-13-42-32(20)22)25(16-28(39)40-6-2)24-9-10-26-31(29(24)33)35-36-37(26)4/h7-15,19,23,25H,5-6,16-18H2,1-4H3/t19-,23+,25-/m0/s1. The fourth-order valence-electron chi connectivity index (χ4n) is 5.91. The third-order valence-corrected chi connectivity index (χ3v) is 9.56. The number of hydrogen-bond donors (Lipinski definition) is 0. The highest BCUT2D eigenvalue weighted by Gasteiger charge is 2.30. The van der Waals surface area contributed by atoms with E-state index in [1.54, 1.807) is 16.0 Å². The van der Waals surface area contributed by atoms with E-state index in [2.05, 4.69) is 52.6 Å². The lowest BCUT2D eigenvalue weighted by Gasteiger charge is -2.29. The molecular formula is C32H34ClN5O3S. The highest BCUT2D eigenvalue weighted by atomic mass is 35.5. The third-order valence-electron chi connectivity index (χ3n) is 8.16. The average Bonchev–Trinajstić information content (AvgIpc) is 3.59. The SMILES string of the molecule is CCOC(=O)C[C@@H](c1cc(CN2C[C@@H](CC)Oc3cccnc3[C@@H]2C)c2sccc2c1)c1ccc2c(nnn2C)c1Cl. The van der Waals surface area contributed by atoms with Gasteiger partial charge in [0.1, 0.15) is 17.4 Å². The van der Waals surface area contributed by atoms with Crippen LogP contribution in [0.5, 0.6) is 5.75 Å². The van der Waals surface area contributed by atoms with E-state index in [1.165, 1.54) is 10.3 Å². The van der Waals surface area contributed by atoms with Crippen molar-refractivity contribution in [1.82, 2.24) is 24.9 Å². The Labute approximate surface area is 254 Å². The van der Waals surface area contributed by atoms with Crippen LogP contribution >= 0.6 is 22.9 Å². The summed E-state index contributed by atoms with van der Waals surface area (Å²) in [6, 6.07) is 14.5. The van der Waals surface area contributed by atoms with Crippen LogP contribution in [0.2, 0.25) is 5.02 Å². The molecule has 6 rings (SSSR count). The van der Waals surface area contributed by atoms with Crippen molar-refractivity contribution in [2.45, 2.75) is 58.2 Å². The van der Waals surface area contributed by atoms with E-state index >= 15 is 0 Å². The maximum atomic E-state index is 12.9. The molecular weight excluding hydrogens is 570 g/mol. The Kier molecular flexibility index (Phi) is 8.16. The molecule has 0 radical (unpaired) electrons. The lowest BCUT2D eigenvalue weighted by Crippen LogP contribution is -2.34. The number of ether oxygens (including phenoxy) is 2. The van der Waals surface area contributed by atoms with Gasteiger partial charge in [-0.25, -0.2) is 4.68 Å². The number of fused-ring (bicyclic) bond motifs is 3. The summed E-state index contributed by atoms with van der Waals surface area (Å²) in [5, 5.41) is 12.2. The Morgan fingerprint density at radius 3 is 2.90 bits per heavy atom. The first-order chi connectivity index (χ1) is 20.4. The number of benzene rings is 2. The van der Waals surface area contributed by atoms with Crippen LogP contribution in [0.4, 0.5) is 0 Å². The van der Waals surface area contributed by atoms with E-state index in [1.807, 2.05) is 44.4 Å². The maximum absolute atomic E-state index is 12.9. The van der Waals surface area contributed by atoms with Gasteiger partial charge in [0.25, 0.3) is 0 Å². The summed E-state index contributed by atoms with van der Waals surface area (Å²) in [5.41, 5.74) is 5.46. The number of esters is 1. The fraction of sp³-hybridized carbons (Fsp3) is 0.375. The van der Waals surface area contributed by atoms with Crippen molar-refractivity contribution in [3.8, 4) is 5.75 Å². The smallest absolute Gasteiger partial charge is 0.306 e. The largest absolute Gasteiger partial charge is 0.487 e. The molecule has 0 unspecified atom stereocenters. The van der Waals surface area contributed by atoms with Crippen LogP contribution in [-0.2, 0) is 23.1 Å². The number of rotatable bonds is 8. The van der Waals surface area contributed by atoms with Crippen molar-refractivity contribution in [1.29, 1.82) is 0 Å². The first-order valence-electron chi connectivity index (χ1n) is 14.4. The molecule has 218 valence electrons. The van der Waals surface area contributed by atoms with Crippen LogP contribution in [-0.4, -0.2) is 50.1 Å². The molecule has 0 saturated carbocycles. The zero-order valence-corrected chi connectivity index (χ0v) is 25.8. The van der Waals surface area contributed by atoms with Gasteiger partial charge < -0.3 is 9.47 Å². The number of carbonyl (C=O) groups excluding carboxylic acids is 1. The van der Waals surface area contributed by atoms with Crippen LogP contribution in [0.15, 0.2) is 54.0 Å². The fourth-order valence-corrected chi connectivity index (χ4v) is 7.13. The van der Waals surface area contributed by atoms with Gasteiger partial charge in [0.15, 0.2) is 0 Å². The van der Waals surface area contributed by atoms with Gasteiger partial charge in [-0.1, -0.05) is 35.9 Å². The minimum atomic E-state index is -0.318. The molecule has 3 atom stereocenters. The molecule has 0 amide bonds. The normalized spacial score (nSPS) is 18.0. The lowest BCUT2D eigenvalue weighted by molar-refractivity contribution is -0.143. The van der Waals surface area contributed by atoms with Crippen LogP contribution < -0.4 is 4.74 Å². The monoisotopic (exact) mass is 603 g/mol. The van der Waals surface area contributed by atoms with Gasteiger partial charge in [-0.3, -0.25) is 14.7 Å². The molecule has 42 heavy (non-hydrogen) atoms. The number of pyridine rings is 1. The molecule has 5 aromatic rings. The highest BCUT2D eigenvalue weighted by Crippen LogP contribution is 2.40. The molecule has 0 bridgehead atoms. The summed E-state index contributed by atoms with van der Waals surface area (Å²) < 4.78 is 14.7. The molecule has 0 aliphatic carbocycles. The van der Waals surface area contributed by atoms with Crippen LogP contribution in [0.1, 0.15) is 68.0 Å². The molecule has 0 spiro atoms. The average molecular weight is 604 g/mol. The molecule has 1 aliphatic rings. The van der Waals surface area contributed by atoms with Crippen molar-refractivity contribution >= 4 is 50.0 Å². The zero-order valence-electron chi connectivity index (χ0n) is 24.2. The summed E-state index contributed by atoms with van der Waals surface area (Å²) in [5.74, 6) is 0.274. The predicted molar refractivity (Wildman–Crippen MR) is 166 cm³/mol. The number of nitrogens with zero attached hydrogens (tertiary/aromatic N) is 5. The lowest BCUT2D eigenvalue weighted by atomic mass is 9.86. The molecule has 8 nitrogen and oxygen atoms in total. The summed E-state index contributed by atoms with van der Waals surface area (Å²) >= 11 is 8.71. The van der Waals surface area contributed by atoms with E-state index in [0.29, 0.717) is 23.7 Å². The predicted octanol–water partition coefficient (Wildman–Crippen LogP) is 7.05. The Bertz CT molecular complexity index is 1750. The van der Waals surface area contributed by atoms with E-state index in [0.717, 1.165) is 46.4 Å². The van der Waals surface area contributed by atoms with Gasteiger partial charge in [-0.05, 0) is 78.1 Å². The van der Waals surface area contributed by atoms with Crippen molar-refractivity contribution < 1.29 is 14.3 Å². The second kappa shape index (κ2) is 12.0. The summed E-state index contributed by atoms with van der Waals surface area (Å²) in [6.45, 7) is 7.99. The second-order valence-electron chi connectivity index (χ2n) is 10.8. The van der Waals surface area contributed by atoms with Crippen molar-refractivity contribution in [2.75, 3.05) is 13.2 Å². The molecule has 0 fully saturated rings. The number of aryl methyl sites for hydroxylation is 1. The molecule has 2 aromatic carbocycles. The molecule has 1 aliphatic heterocycles. The third kappa shape index (κ3) is 5.37. The number of halogens is 1. The zero-order chi connectivity index (χ0) is 29.4. The van der Waals surface area contributed by atoms with Gasteiger partial charge >= 0.3 is 5.97 Å². The quantitative estimate of drug-likeness (QED) is 0.176. The number of aromatic nitrogens is 4. The van der Waals surface area contributed by atoms with Crippen molar-refractivity contribution in [3.05, 3.63) is 81.4 Å². The van der Waals surface area contributed by atoms with Gasteiger partial charge in [-0.15, -0.1) is 16.4 Å². The Balaban J connectivity index is 1.44. The molecule has 0 N–H and O–H groups in total. The molecule has 3 aromatic heterocycles. The molecule has 10 heteroatoms. The van der Waals surface area contributed by atoms with Gasteiger partial charge in [0, 0.05) is 37.0 Å². The Morgan fingerprint density at radius 1 is 1.24 bits per heavy atom. The Hall–Kier alpha value is -3.53. The van der Waals surface area contributed by atoms with Gasteiger partial charge in [-0.2, -0.15) is 0 Å². The summed E-state index contributed by atoms with van der Waals surface area (Å²) in [4.78, 5) is 20.1. The van der Waals surface area contributed by atoms with Crippen molar-refractivity contribution in [3.63, 3.8) is 0 Å². The maximum Gasteiger partial charge on any atom is 0.306 e.